The SMILES string of the molecule is CCOC(=O)N1CCN(C(=O)C(=O)N(CCO)CCO)CC1. The third-order valence-corrected chi connectivity index (χ3v) is 3.30. The van der Waals surface area contributed by atoms with Crippen LogP contribution in [0.1, 0.15) is 6.92 Å². The summed E-state index contributed by atoms with van der Waals surface area (Å²) in [5.41, 5.74) is 0. The molecule has 0 atom stereocenters. The summed E-state index contributed by atoms with van der Waals surface area (Å²) in [6, 6.07) is 0. The fraction of sp³-hybridized carbons (Fsp3) is 0.769. The Kier molecular flexibility index (Phi) is 7.61. The molecule has 1 aliphatic rings. The lowest BCUT2D eigenvalue weighted by Crippen LogP contribution is -2.55. The number of carbonyl (C=O) groups excluding carboxylic acids is 3. The molecule has 0 unspecified atom stereocenters. The Hall–Kier alpha value is -1.87. The zero-order valence-electron chi connectivity index (χ0n) is 12.7. The summed E-state index contributed by atoms with van der Waals surface area (Å²) in [6.45, 7) is 2.52. The molecule has 2 N–H and O–H groups in total. The highest BCUT2D eigenvalue weighted by Gasteiger charge is 2.30. The van der Waals surface area contributed by atoms with Crippen molar-refractivity contribution in [2.24, 2.45) is 0 Å². The molecule has 9 heteroatoms. The van der Waals surface area contributed by atoms with Gasteiger partial charge in [0, 0.05) is 39.3 Å². The van der Waals surface area contributed by atoms with Gasteiger partial charge >= 0.3 is 17.9 Å². The Labute approximate surface area is 129 Å². The summed E-state index contributed by atoms with van der Waals surface area (Å²) in [4.78, 5) is 39.7. The molecule has 3 amide bonds. The number of aliphatic hydroxyl groups is 2. The molecule has 1 heterocycles. The lowest BCUT2D eigenvalue weighted by molar-refractivity contribution is -0.153. The second-order valence-electron chi connectivity index (χ2n) is 4.72. The van der Waals surface area contributed by atoms with Gasteiger partial charge in [-0.05, 0) is 6.92 Å². The zero-order valence-corrected chi connectivity index (χ0v) is 12.7. The first kappa shape index (κ1) is 18.2. The molecule has 0 bridgehead atoms. The van der Waals surface area contributed by atoms with E-state index in [1.54, 1.807) is 6.92 Å². The van der Waals surface area contributed by atoms with Gasteiger partial charge in [0.2, 0.25) is 0 Å². The van der Waals surface area contributed by atoms with Gasteiger partial charge in [0.05, 0.1) is 19.8 Å². The summed E-state index contributed by atoms with van der Waals surface area (Å²) in [7, 11) is 0. The summed E-state index contributed by atoms with van der Waals surface area (Å²) < 4.78 is 4.88. The van der Waals surface area contributed by atoms with E-state index in [0.29, 0.717) is 13.1 Å². The van der Waals surface area contributed by atoms with Crippen molar-refractivity contribution in [1.29, 1.82) is 0 Å². The van der Waals surface area contributed by atoms with E-state index < -0.39 is 17.9 Å². The van der Waals surface area contributed by atoms with Crippen molar-refractivity contribution in [2.45, 2.75) is 6.92 Å². The molecular formula is C13H23N3O6. The van der Waals surface area contributed by atoms with Crippen LogP contribution in [-0.2, 0) is 14.3 Å². The predicted octanol–water partition coefficient (Wildman–Crippen LogP) is -1.90. The topological polar surface area (TPSA) is 111 Å². The first-order valence-electron chi connectivity index (χ1n) is 7.26. The highest BCUT2D eigenvalue weighted by Crippen LogP contribution is 2.06. The normalized spacial score (nSPS) is 14.7. The van der Waals surface area contributed by atoms with Gasteiger partial charge in [-0.25, -0.2) is 4.79 Å². The molecule has 126 valence electrons. The average Bonchev–Trinajstić information content (AvgIpc) is 2.53. The highest BCUT2D eigenvalue weighted by atomic mass is 16.6. The Bertz CT molecular complexity index is 389. The minimum absolute atomic E-state index is 0.00603. The molecule has 22 heavy (non-hydrogen) atoms. The van der Waals surface area contributed by atoms with Crippen LogP contribution in [0.4, 0.5) is 4.79 Å². The van der Waals surface area contributed by atoms with Gasteiger partial charge in [0.1, 0.15) is 0 Å². The van der Waals surface area contributed by atoms with Crippen LogP contribution in [-0.4, -0.2) is 102 Å². The van der Waals surface area contributed by atoms with E-state index in [4.69, 9.17) is 14.9 Å². The molecule has 0 saturated carbocycles. The minimum Gasteiger partial charge on any atom is -0.450 e. The largest absolute Gasteiger partial charge is 0.450 e. The second-order valence-corrected chi connectivity index (χ2v) is 4.72. The standard InChI is InChI=1S/C13H23N3O6/c1-2-22-13(21)16-5-3-14(4-6-16)11(19)12(20)15(7-9-17)8-10-18/h17-18H,2-10H2,1H3. The number of hydrogen-bond acceptors (Lipinski definition) is 6. The number of nitrogens with zero attached hydrogens (tertiary/aromatic N) is 3. The third-order valence-electron chi connectivity index (χ3n) is 3.30. The number of amides is 3. The Morgan fingerprint density at radius 3 is 1.95 bits per heavy atom. The van der Waals surface area contributed by atoms with Gasteiger partial charge in [-0.3, -0.25) is 9.59 Å². The average molecular weight is 317 g/mol. The van der Waals surface area contributed by atoms with Gasteiger partial charge < -0.3 is 29.6 Å². The number of hydrogen-bond donors (Lipinski definition) is 2. The summed E-state index contributed by atoms with van der Waals surface area (Å²) in [5, 5.41) is 17.8. The number of piperazine rings is 1. The summed E-state index contributed by atoms with van der Waals surface area (Å²) in [6.07, 6.45) is -0.428. The molecular weight excluding hydrogens is 294 g/mol. The lowest BCUT2D eigenvalue weighted by atomic mass is 10.3. The molecule has 0 spiro atoms. The van der Waals surface area contributed by atoms with Crippen LogP contribution in [0.5, 0.6) is 0 Å². The fourth-order valence-electron chi connectivity index (χ4n) is 2.13. The number of aliphatic hydroxyl groups excluding tert-OH is 2. The van der Waals surface area contributed by atoms with Gasteiger partial charge in [-0.2, -0.15) is 0 Å². The molecule has 1 rings (SSSR count). The van der Waals surface area contributed by atoms with Crippen LogP contribution in [0.3, 0.4) is 0 Å². The van der Waals surface area contributed by atoms with E-state index in [2.05, 4.69) is 0 Å². The second kappa shape index (κ2) is 9.21. The first-order chi connectivity index (χ1) is 10.5. The molecule has 0 aromatic heterocycles. The van der Waals surface area contributed by atoms with Gasteiger partial charge in [-0.15, -0.1) is 0 Å². The van der Waals surface area contributed by atoms with E-state index in [1.807, 2.05) is 0 Å². The van der Waals surface area contributed by atoms with Crippen molar-refractivity contribution in [2.75, 3.05) is 59.1 Å². The maximum absolute atomic E-state index is 12.1. The molecule has 0 aromatic carbocycles. The Morgan fingerprint density at radius 1 is 1.00 bits per heavy atom. The first-order valence-corrected chi connectivity index (χ1v) is 7.26. The zero-order chi connectivity index (χ0) is 16.5. The summed E-state index contributed by atoms with van der Waals surface area (Å²) >= 11 is 0. The molecule has 0 radical (unpaired) electrons. The van der Waals surface area contributed by atoms with E-state index in [1.165, 1.54) is 9.80 Å². The molecule has 1 saturated heterocycles. The van der Waals surface area contributed by atoms with Crippen molar-refractivity contribution in [1.82, 2.24) is 14.7 Å². The number of carbonyl (C=O) groups is 3. The molecule has 1 aliphatic heterocycles. The van der Waals surface area contributed by atoms with E-state index in [0.717, 1.165) is 4.90 Å². The monoisotopic (exact) mass is 317 g/mol. The summed E-state index contributed by atoms with van der Waals surface area (Å²) in [5.74, 6) is -1.45. The van der Waals surface area contributed by atoms with Crippen molar-refractivity contribution < 1.29 is 29.3 Å². The van der Waals surface area contributed by atoms with Crippen LogP contribution in [0, 0.1) is 0 Å². The maximum atomic E-state index is 12.1. The van der Waals surface area contributed by atoms with Crippen LogP contribution >= 0.6 is 0 Å². The van der Waals surface area contributed by atoms with Crippen LogP contribution in [0.2, 0.25) is 0 Å². The van der Waals surface area contributed by atoms with Crippen molar-refractivity contribution >= 4 is 17.9 Å². The molecule has 0 aliphatic carbocycles. The lowest BCUT2D eigenvalue weighted by Gasteiger charge is -2.34. The van der Waals surface area contributed by atoms with E-state index in [-0.39, 0.29) is 46.0 Å². The molecule has 1 fully saturated rings. The number of ether oxygens (including phenoxy) is 1. The highest BCUT2D eigenvalue weighted by molar-refractivity contribution is 6.34. The maximum Gasteiger partial charge on any atom is 0.409 e. The van der Waals surface area contributed by atoms with E-state index in [9.17, 15) is 14.4 Å². The van der Waals surface area contributed by atoms with E-state index >= 15 is 0 Å². The Morgan fingerprint density at radius 2 is 1.50 bits per heavy atom. The molecule has 0 aromatic rings. The van der Waals surface area contributed by atoms with Crippen LogP contribution in [0.15, 0.2) is 0 Å². The van der Waals surface area contributed by atoms with Crippen molar-refractivity contribution in [3.8, 4) is 0 Å². The number of rotatable bonds is 5. The van der Waals surface area contributed by atoms with Crippen LogP contribution in [0.25, 0.3) is 0 Å². The smallest absolute Gasteiger partial charge is 0.409 e. The van der Waals surface area contributed by atoms with Gasteiger partial charge in [0.15, 0.2) is 0 Å². The van der Waals surface area contributed by atoms with Crippen molar-refractivity contribution in [3.05, 3.63) is 0 Å². The van der Waals surface area contributed by atoms with Crippen molar-refractivity contribution in [3.63, 3.8) is 0 Å². The molecule has 9 nitrogen and oxygen atoms in total. The predicted molar refractivity (Wildman–Crippen MR) is 75.9 cm³/mol. The fourth-order valence-corrected chi connectivity index (χ4v) is 2.13. The van der Waals surface area contributed by atoms with Crippen LogP contribution < -0.4 is 0 Å². The quantitative estimate of drug-likeness (QED) is 0.573. The third kappa shape index (κ3) is 4.85. The Balaban J connectivity index is 2.53. The van der Waals surface area contributed by atoms with Gasteiger partial charge in [-0.1, -0.05) is 0 Å². The minimum atomic E-state index is -0.757. The van der Waals surface area contributed by atoms with Gasteiger partial charge in [0.25, 0.3) is 0 Å².